The monoisotopic (exact) mass is 312 g/mol. The van der Waals surface area contributed by atoms with Crippen LogP contribution in [-0.2, 0) is 6.54 Å². The number of halogens is 1. The first kappa shape index (κ1) is 13.3. The van der Waals surface area contributed by atoms with E-state index in [1.165, 1.54) is 0 Å². The number of hydrogen-bond acceptors (Lipinski definition) is 4. The second-order valence-corrected chi connectivity index (χ2v) is 4.97. The Kier molecular flexibility index (Phi) is 4.19. The number of nitrogens with zero attached hydrogens (tertiary/aromatic N) is 3. The summed E-state index contributed by atoms with van der Waals surface area (Å²) in [6.07, 6.45) is 4.55. The standard InChI is InChI=1S/C12H17BrN4O/c1-4-5-17-12(9(13)6-15-17)11(14-3)10-7-18-8(2)16-10/h6-7,11,14H,4-5H2,1-3H3. The van der Waals surface area contributed by atoms with Crippen molar-refractivity contribution in [3.8, 4) is 0 Å². The Hall–Kier alpha value is -1.14. The molecule has 0 aromatic carbocycles. The molecule has 0 radical (unpaired) electrons. The van der Waals surface area contributed by atoms with E-state index in [2.05, 4.69) is 38.3 Å². The van der Waals surface area contributed by atoms with Gasteiger partial charge < -0.3 is 9.73 Å². The summed E-state index contributed by atoms with van der Waals surface area (Å²) >= 11 is 3.55. The highest BCUT2D eigenvalue weighted by Gasteiger charge is 2.22. The third kappa shape index (κ3) is 2.49. The molecule has 0 spiro atoms. The Morgan fingerprint density at radius 2 is 2.33 bits per heavy atom. The van der Waals surface area contributed by atoms with E-state index in [1.54, 1.807) is 6.26 Å². The average Bonchev–Trinajstić information content (AvgIpc) is 2.91. The van der Waals surface area contributed by atoms with Gasteiger partial charge in [0.1, 0.15) is 12.0 Å². The van der Waals surface area contributed by atoms with Gasteiger partial charge in [-0.15, -0.1) is 0 Å². The highest BCUT2D eigenvalue weighted by molar-refractivity contribution is 9.10. The lowest BCUT2D eigenvalue weighted by atomic mass is 10.1. The summed E-state index contributed by atoms with van der Waals surface area (Å²) in [5, 5.41) is 7.64. The van der Waals surface area contributed by atoms with Crippen molar-refractivity contribution in [3.63, 3.8) is 0 Å². The zero-order valence-corrected chi connectivity index (χ0v) is 12.4. The van der Waals surface area contributed by atoms with Crippen molar-refractivity contribution in [2.45, 2.75) is 32.9 Å². The molecule has 18 heavy (non-hydrogen) atoms. The quantitative estimate of drug-likeness (QED) is 0.922. The molecule has 2 aromatic heterocycles. The molecule has 2 rings (SSSR count). The summed E-state index contributed by atoms with van der Waals surface area (Å²) in [7, 11) is 1.91. The van der Waals surface area contributed by atoms with Gasteiger partial charge >= 0.3 is 0 Å². The number of aromatic nitrogens is 3. The molecule has 0 saturated carbocycles. The van der Waals surface area contributed by atoms with E-state index in [-0.39, 0.29) is 6.04 Å². The summed E-state index contributed by atoms with van der Waals surface area (Å²) < 4.78 is 8.27. The fourth-order valence-electron chi connectivity index (χ4n) is 1.99. The van der Waals surface area contributed by atoms with Crippen molar-refractivity contribution in [2.75, 3.05) is 7.05 Å². The SMILES string of the molecule is CCCn1ncc(Br)c1C(NC)c1coc(C)n1. The Bertz CT molecular complexity index is 520. The van der Waals surface area contributed by atoms with Crippen LogP contribution >= 0.6 is 15.9 Å². The van der Waals surface area contributed by atoms with Gasteiger partial charge in [-0.1, -0.05) is 6.92 Å². The molecule has 0 aliphatic rings. The topological polar surface area (TPSA) is 55.9 Å². The Morgan fingerprint density at radius 3 is 2.89 bits per heavy atom. The molecule has 1 N–H and O–H groups in total. The lowest BCUT2D eigenvalue weighted by Gasteiger charge is -2.16. The van der Waals surface area contributed by atoms with E-state index in [0.717, 1.165) is 28.8 Å². The molecule has 2 heterocycles. The molecular formula is C12H17BrN4O. The van der Waals surface area contributed by atoms with E-state index >= 15 is 0 Å². The first-order valence-electron chi connectivity index (χ1n) is 5.97. The van der Waals surface area contributed by atoms with Crippen molar-refractivity contribution in [1.82, 2.24) is 20.1 Å². The van der Waals surface area contributed by atoms with Crippen LogP contribution in [0.15, 0.2) is 21.3 Å². The normalized spacial score (nSPS) is 12.9. The predicted octanol–water partition coefficient (Wildman–Crippen LogP) is 2.66. The van der Waals surface area contributed by atoms with Crippen molar-refractivity contribution in [1.29, 1.82) is 0 Å². The molecule has 0 amide bonds. The van der Waals surface area contributed by atoms with Gasteiger partial charge in [0, 0.05) is 13.5 Å². The van der Waals surface area contributed by atoms with Crippen molar-refractivity contribution in [2.24, 2.45) is 0 Å². The Balaban J connectivity index is 2.41. The summed E-state index contributed by atoms with van der Waals surface area (Å²) in [4.78, 5) is 4.39. The number of oxazole rings is 1. The molecule has 1 atom stereocenters. The van der Waals surface area contributed by atoms with E-state index < -0.39 is 0 Å². The molecule has 6 heteroatoms. The molecule has 0 saturated heterocycles. The van der Waals surface area contributed by atoms with Crippen molar-refractivity contribution in [3.05, 3.63) is 34.2 Å². The fraction of sp³-hybridized carbons (Fsp3) is 0.500. The van der Waals surface area contributed by atoms with E-state index in [9.17, 15) is 0 Å². The minimum Gasteiger partial charge on any atom is -0.449 e. The van der Waals surface area contributed by atoms with Gasteiger partial charge in [0.2, 0.25) is 0 Å². The minimum absolute atomic E-state index is 0.0223. The van der Waals surface area contributed by atoms with Crippen LogP contribution in [0.4, 0.5) is 0 Å². The van der Waals surface area contributed by atoms with Gasteiger partial charge in [0.25, 0.3) is 0 Å². The van der Waals surface area contributed by atoms with Crippen LogP contribution in [0.1, 0.15) is 36.7 Å². The molecule has 0 fully saturated rings. The van der Waals surface area contributed by atoms with Crippen LogP contribution in [-0.4, -0.2) is 21.8 Å². The Morgan fingerprint density at radius 1 is 1.56 bits per heavy atom. The number of nitrogens with one attached hydrogen (secondary N) is 1. The van der Waals surface area contributed by atoms with Crippen LogP contribution in [0.2, 0.25) is 0 Å². The highest BCUT2D eigenvalue weighted by Crippen LogP contribution is 2.28. The summed E-state index contributed by atoms with van der Waals surface area (Å²) in [6, 6.07) is -0.0223. The van der Waals surface area contributed by atoms with E-state index in [0.29, 0.717) is 5.89 Å². The van der Waals surface area contributed by atoms with Gasteiger partial charge in [0.15, 0.2) is 5.89 Å². The van der Waals surface area contributed by atoms with Crippen LogP contribution in [0, 0.1) is 6.92 Å². The minimum atomic E-state index is -0.0223. The van der Waals surface area contributed by atoms with Crippen molar-refractivity contribution < 1.29 is 4.42 Å². The number of aryl methyl sites for hydroxylation is 2. The van der Waals surface area contributed by atoms with Gasteiger partial charge in [-0.05, 0) is 29.4 Å². The second kappa shape index (κ2) is 5.67. The van der Waals surface area contributed by atoms with Gasteiger partial charge in [-0.3, -0.25) is 4.68 Å². The number of hydrogen-bond donors (Lipinski definition) is 1. The molecule has 2 aromatic rings. The third-order valence-electron chi connectivity index (χ3n) is 2.76. The summed E-state index contributed by atoms with van der Waals surface area (Å²) in [6.45, 7) is 4.86. The Labute approximate surface area is 115 Å². The maximum atomic E-state index is 5.29. The maximum absolute atomic E-state index is 5.29. The zero-order chi connectivity index (χ0) is 13.1. The van der Waals surface area contributed by atoms with Gasteiger partial charge in [-0.25, -0.2) is 4.98 Å². The first-order valence-corrected chi connectivity index (χ1v) is 6.77. The summed E-state index contributed by atoms with van der Waals surface area (Å²) in [5.41, 5.74) is 1.95. The van der Waals surface area contributed by atoms with E-state index in [1.807, 2.05) is 24.9 Å². The molecule has 1 unspecified atom stereocenters. The largest absolute Gasteiger partial charge is 0.449 e. The molecular weight excluding hydrogens is 296 g/mol. The molecule has 0 aliphatic carbocycles. The van der Waals surface area contributed by atoms with Gasteiger partial charge in [0.05, 0.1) is 22.4 Å². The predicted molar refractivity (Wildman–Crippen MR) is 72.4 cm³/mol. The van der Waals surface area contributed by atoms with Crippen molar-refractivity contribution >= 4 is 15.9 Å². The lowest BCUT2D eigenvalue weighted by Crippen LogP contribution is -2.22. The second-order valence-electron chi connectivity index (χ2n) is 4.11. The number of rotatable bonds is 5. The zero-order valence-electron chi connectivity index (χ0n) is 10.8. The lowest BCUT2D eigenvalue weighted by molar-refractivity contribution is 0.512. The van der Waals surface area contributed by atoms with Crippen LogP contribution < -0.4 is 5.32 Å². The summed E-state index contributed by atoms with van der Waals surface area (Å²) in [5.74, 6) is 0.669. The van der Waals surface area contributed by atoms with E-state index in [4.69, 9.17) is 4.42 Å². The average molecular weight is 313 g/mol. The van der Waals surface area contributed by atoms with Crippen LogP contribution in [0.5, 0.6) is 0 Å². The molecule has 98 valence electrons. The third-order valence-corrected chi connectivity index (χ3v) is 3.37. The molecule has 0 aliphatic heterocycles. The fourth-order valence-corrected chi connectivity index (χ4v) is 2.51. The van der Waals surface area contributed by atoms with Crippen LogP contribution in [0.3, 0.4) is 0 Å². The first-order chi connectivity index (χ1) is 8.67. The molecule has 5 nitrogen and oxygen atoms in total. The maximum Gasteiger partial charge on any atom is 0.191 e. The van der Waals surface area contributed by atoms with Crippen LogP contribution in [0.25, 0.3) is 0 Å². The molecule has 0 bridgehead atoms. The smallest absolute Gasteiger partial charge is 0.191 e. The van der Waals surface area contributed by atoms with Gasteiger partial charge in [-0.2, -0.15) is 5.10 Å². The highest BCUT2D eigenvalue weighted by atomic mass is 79.9.